The van der Waals surface area contributed by atoms with Gasteiger partial charge in [0.1, 0.15) is 0 Å². The maximum Gasteiger partial charge on any atom is 0.242 e. The van der Waals surface area contributed by atoms with Gasteiger partial charge in [0.25, 0.3) is 0 Å². The van der Waals surface area contributed by atoms with Crippen molar-refractivity contribution in [1.29, 1.82) is 0 Å². The third-order valence-electron chi connectivity index (χ3n) is 4.20. The molecule has 6 heteroatoms. The topological polar surface area (TPSA) is 55.9 Å². The van der Waals surface area contributed by atoms with Crippen LogP contribution in [-0.2, 0) is 9.59 Å². The summed E-state index contributed by atoms with van der Waals surface area (Å²) >= 11 is 0. The standard InChI is InChI=1S/C17H26N4O2/c1-3-20(15-7-5-4-6-8-15)14-17(23)21-11-9-19(10-12-21)13-16(22)18-2/h4-8H,3,9-14H2,1-2H3,(H,18,22). The molecule has 1 N–H and O–H groups in total. The lowest BCUT2D eigenvalue weighted by atomic mass is 10.2. The smallest absolute Gasteiger partial charge is 0.242 e. The van der Waals surface area contributed by atoms with Gasteiger partial charge >= 0.3 is 0 Å². The van der Waals surface area contributed by atoms with Crippen molar-refractivity contribution >= 4 is 17.5 Å². The Balaban J connectivity index is 1.83. The fourth-order valence-electron chi connectivity index (χ4n) is 2.73. The van der Waals surface area contributed by atoms with Crippen LogP contribution in [-0.4, -0.2) is 74.5 Å². The van der Waals surface area contributed by atoms with E-state index >= 15 is 0 Å². The highest BCUT2D eigenvalue weighted by molar-refractivity contribution is 5.81. The molecule has 2 rings (SSSR count). The molecule has 1 heterocycles. The van der Waals surface area contributed by atoms with Crippen LogP contribution in [0.4, 0.5) is 5.69 Å². The highest BCUT2D eigenvalue weighted by Gasteiger charge is 2.23. The Labute approximate surface area is 138 Å². The number of nitrogens with zero attached hydrogens (tertiary/aromatic N) is 3. The highest BCUT2D eigenvalue weighted by atomic mass is 16.2. The summed E-state index contributed by atoms with van der Waals surface area (Å²) in [6.45, 7) is 6.52. The number of hydrogen-bond acceptors (Lipinski definition) is 4. The molecule has 2 amide bonds. The van der Waals surface area contributed by atoms with Gasteiger partial charge in [-0.1, -0.05) is 18.2 Å². The van der Waals surface area contributed by atoms with Crippen LogP contribution in [0.2, 0.25) is 0 Å². The third kappa shape index (κ3) is 4.96. The molecule has 126 valence electrons. The number of nitrogens with one attached hydrogen (secondary N) is 1. The number of hydrogen-bond donors (Lipinski definition) is 1. The molecule has 1 aromatic carbocycles. The fourth-order valence-corrected chi connectivity index (χ4v) is 2.73. The second-order valence-corrected chi connectivity index (χ2v) is 5.68. The van der Waals surface area contributed by atoms with Crippen molar-refractivity contribution in [2.45, 2.75) is 6.92 Å². The van der Waals surface area contributed by atoms with Crippen molar-refractivity contribution in [1.82, 2.24) is 15.1 Å². The third-order valence-corrected chi connectivity index (χ3v) is 4.20. The number of piperazine rings is 1. The van der Waals surface area contributed by atoms with Gasteiger partial charge in [-0.3, -0.25) is 14.5 Å². The number of carbonyl (C=O) groups is 2. The van der Waals surface area contributed by atoms with Gasteiger partial charge in [0.15, 0.2) is 0 Å². The average molecular weight is 318 g/mol. The second-order valence-electron chi connectivity index (χ2n) is 5.68. The van der Waals surface area contributed by atoms with Crippen LogP contribution in [0, 0.1) is 0 Å². The zero-order valence-electron chi connectivity index (χ0n) is 14.0. The molecular weight excluding hydrogens is 292 g/mol. The van der Waals surface area contributed by atoms with E-state index in [9.17, 15) is 9.59 Å². The van der Waals surface area contributed by atoms with Crippen LogP contribution in [0.15, 0.2) is 30.3 Å². The van der Waals surface area contributed by atoms with E-state index in [2.05, 4.69) is 22.0 Å². The van der Waals surface area contributed by atoms with Gasteiger partial charge in [-0.2, -0.15) is 0 Å². The van der Waals surface area contributed by atoms with Crippen molar-refractivity contribution in [3.63, 3.8) is 0 Å². The molecule has 0 bridgehead atoms. The minimum atomic E-state index is 0.0195. The summed E-state index contributed by atoms with van der Waals surface area (Å²) in [6.07, 6.45) is 0. The normalized spacial score (nSPS) is 15.3. The van der Waals surface area contributed by atoms with E-state index in [1.807, 2.05) is 35.2 Å². The van der Waals surface area contributed by atoms with E-state index in [0.29, 0.717) is 26.2 Å². The van der Waals surface area contributed by atoms with Crippen molar-refractivity contribution in [2.75, 3.05) is 57.8 Å². The molecule has 1 saturated heterocycles. The van der Waals surface area contributed by atoms with Gasteiger partial charge in [0.05, 0.1) is 13.1 Å². The van der Waals surface area contributed by atoms with Crippen LogP contribution in [0.25, 0.3) is 0 Å². The zero-order chi connectivity index (χ0) is 16.7. The Kier molecular flexibility index (Phi) is 6.40. The molecule has 1 aromatic rings. The Morgan fingerprint density at radius 1 is 1.13 bits per heavy atom. The molecule has 0 atom stereocenters. The quantitative estimate of drug-likeness (QED) is 0.825. The van der Waals surface area contributed by atoms with Crippen molar-refractivity contribution in [2.24, 2.45) is 0 Å². The Hall–Kier alpha value is -2.08. The number of amides is 2. The molecular formula is C17H26N4O2. The number of para-hydroxylation sites is 1. The fraction of sp³-hybridized carbons (Fsp3) is 0.529. The molecule has 0 radical (unpaired) electrons. The number of anilines is 1. The molecule has 0 spiro atoms. The minimum Gasteiger partial charge on any atom is -0.362 e. The molecule has 0 unspecified atom stereocenters. The predicted molar refractivity (Wildman–Crippen MR) is 91.4 cm³/mol. The molecule has 0 saturated carbocycles. The number of rotatable bonds is 6. The van der Waals surface area contributed by atoms with Crippen LogP contribution in [0.5, 0.6) is 0 Å². The first-order chi connectivity index (χ1) is 11.1. The Morgan fingerprint density at radius 2 is 1.78 bits per heavy atom. The van der Waals surface area contributed by atoms with E-state index in [4.69, 9.17) is 0 Å². The van der Waals surface area contributed by atoms with Gasteiger partial charge in [0, 0.05) is 45.5 Å². The summed E-state index contributed by atoms with van der Waals surface area (Å²) in [5, 5.41) is 2.63. The summed E-state index contributed by atoms with van der Waals surface area (Å²) < 4.78 is 0. The Morgan fingerprint density at radius 3 is 2.35 bits per heavy atom. The summed E-state index contributed by atoms with van der Waals surface area (Å²) in [5.41, 5.74) is 1.07. The van der Waals surface area contributed by atoms with Crippen molar-refractivity contribution in [3.8, 4) is 0 Å². The molecule has 6 nitrogen and oxygen atoms in total. The number of benzene rings is 1. The monoisotopic (exact) mass is 318 g/mol. The highest BCUT2D eigenvalue weighted by Crippen LogP contribution is 2.13. The minimum absolute atomic E-state index is 0.0195. The lowest BCUT2D eigenvalue weighted by Crippen LogP contribution is -2.52. The largest absolute Gasteiger partial charge is 0.362 e. The summed E-state index contributed by atoms with van der Waals surface area (Å²) in [5.74, 6) is 0.168. The zero-order valence-corrected chi connectivity index (χ0v) is 14.0. The predicted octanol–water partition coefficient (Wildman–Crippen LogP) is 0.403. The molecule has 0 aromatic heterocycles. The van der Waals surface area contributed by atoms with Gasteiger partial charge in [-0.15, -0.1) is 0 Å². The average Bonchev–Trinajstić information content (AvgIpc) is 2.60. The van der Waals surface area contributed by atoms with Crippen LogP contribution in [0.1, 0.15) is 6.92 Å². The van der Waals surface area contributed by atoms with Gasteiger partial charge in [0.2, 0.25) is 11.8 Å². The molecule has 0 aliphatic carbocycles. The van der Waals surface area contributed by atoms with E-state index < -0.39 is 0 Å². The van der Waals surface area contributed by atoms with Crippen LogP contribution < -0.4 is 10.2 Å². The molecule has 1 fully saturated rings. The van der Waals surface area contributed by atoms with E-state index in [1.165, 1.54) is 0 Å². The Bertz CT molecular complexity index is 513. The van der Waals surface area contributed by atoms with Gasteiger partial charge in [-0.25, -0.2) is 0 Å². The van der Waals surface area contributed by atoms with Crippen LogP contribution >= 0.6 is 0 Å². The van der Waals surface area contributed by atoms with E-state index in [-0.39, 0.29) is 11.8 Å². The summed E-state index contributed by atoms with van der Waals surface area (Å²) in [4.78, 5) is 30.0. The van der Waals surface area contributed by atoms with Crippen molar-refractivity contribution < 1.29 is 9.59 Å². The summed E-state index contributed by atoms with van der Waals surface area (Å²) in [7, 11) is 1.64. The number of carbonyl (C=O) groups excluding carboxylic acids is 2. The lowest BCUT2D eigenvalue weighted by molar-refractivity contribution is -0.131. The lowest BCUT2D eigenvalue weighted by Gasteiger charge is -2.35. The maximum atomic E-state index is 12.5. The van der Waals surface area contributed by atoms with Gasteiger partial charge < -0.3 is 15.1 Å². The first-order valence-electron chi connectivity index (χ1n) is 8.14. The first-order valence-corrected chi connectivity index (χ1v) is 8.14. The van der Waals surface area contributed by atoms with Crippen LogP contribution in [0.3, 0.4) is 0 Å². The van der Waals surface area contributed by atoms with Crippen molar-refractivity contribution in [3.05, 3.63) is 30.3 Å². The van der Waals surface area contributed by atoms with Gasteiger partial charge in [-0.05, 0) is 19.1 Å². The van der Waals surface area contributed by atoms with E-state index in [1.54, 1.807) is 7.05 Å². The SMILES string of the molecule is CCN(CC(=O)N1CCN(CC(=O)NC)CC1)c1ccccc1. The number of likely N-dealkylation sites (N-methyl/N-ethyl adjacent to an activating group) is 2. The summed E-state index contributed by atoms with van der Waals surface area (Å²) in [6, 6.07) is 10.0. The first kappa shape index (κ1) is 17.3. The molecule has 1 aliphatic rings. The maximum absolute atomic E-state index is 12.5. The molecule has 23 heavy (non-hydrogen) atoms. The molecule has 1 aliphatic heterocycles. The second kappa shape index (κ2) is 8.53. The van der Waals surface area contributed by atoms with E-state index in [0.717, 1.165) is 25.3 Å².